The summed E-state index contributed by atoms with van der Waals surface area (Å²) in [7, 11) is 0. The van der Waals surface area contributed by atoms with Gasteiger partial charge in [0.15, 0.2) is 11.9 Å². The number of likely N-dealkylation sites (tertiary alicyclic amines) is 1. The number of benzene rings is 1. The number of nitrogens with zero attached hydrogens (tertiary/aromatic N) is 4. The Morgan fingerprint density at radius 1 is 0.870 bits per heavy atom. The predicted octanol–water partition coefficient (Wildman–Crippen LogP) is 0.565. The van der Waals surface area contributed by atoms with Crippen LogP contribution in [0.25, 0.3) is 0 Å². The number of amides is 4. The molecule has 2 aromatic rings. The highest BCUT2D eigenvalue weighted by Gasteiger charge is 2.51. The molecule has 0 bridgehead atoms. The van der Waals surface area contributed by atoms with Crippen molar-refractivity contribution in [2.24, 2.45) is 38.8 Å². The minimum absolute atomic E-state index is 0.0634. The van der Waals surface area contributed by atoms with Gasteiger partial charge >= 0.3 is 5.97 Å². The Morgan fingerprint density at radius 2 is 1.57 bits per heavy atom. The lowest BCUT2D eigenvalue weighted by Crippen LogP contribution is -2.61. The summed E-state index contributed by atoms with van der Waals surface area (Å²) in [5.74, 6) is -2.95. The standard InChI is InChI=1S/C37H52N10O6S/c38-36(39)42-15-5-12-26(35(52)53)45-32(49)29-19-23-9-3-4-13-28(23)47(29)34(51)30-18-22-8-1-2-10-24(22)21-46(30)33(50)27(20-25-11-7-17-54-25)44-31(48)14-6-16-43-37(40)41/h1-2,7-8,10-11,17,23,26-30H,3-6,9,12-16,18-21H2,(H,44,48)(H,45,49)(H,52,53)(H4,38,39,42)(H4,40,41,43)/t23?,26-,27-,28?,29-,30-/m0/s1. The fourth-order valence-electron chi connectivity index (χ4n) is 7.93. The van der Waals surface area contributed by atoms with Crippen molar-refractivity contribution in [1.82, 2.24) is 20.4 Å². The second-order valence-electron chi connectivity index (χ2n) is 14.2. The second-order valence-corrected chi connectivity index (χ2v) is 15.3. The minimum atomic E-state index is -1.20. The quantitative estimate of drug-likeness (QED) is 0.0710. The van der Waals surface area contributed by atoms with Gasteiger partial charge in [-0.3, -0.25) is 29.2 Å². The van der Waals surface area contributed by atoms with E-state index in [2.05, 4.69) is 20.6 Å². The number of guanidine groups is 2. The van der Waals surface area contributed by atoms with Crippen LogP contribution in [0.4, 0.5) is 0 Å². The third-order valence-electron chi connectivity index (χ3n) is 10.5. The summed E-state index contributed by atoms with van der Waals surface area (Å²) in [6.07, 6.45) is 5.15. The highest BCUT2D eigenvalue weighted by molar-refractivity contribution is 7.09. The van der Waals surface area contributed by atoms with Gasteiger partial charge in [0.25, 0.3) is 0 Å². The Labute approximate surface area is 318 Å². The number of nitrogens with two attached hydrogens (primary N) is 4. The molecule has 1 aromatic carbocycles. The molecule has 3 heterocycles. The molecule has 1 aromatic heterocycles. The Hall–Kier alpha value is -5.19. The van der Waals surface area contributed by atoms with Crippen molar-refractivity contribution >= 4 is 52.9 Å². The topological polar surface area (TPSA) is 265 Å². The molecule has 4 amide bonds. The van der Waals surface area contributed by atoms with E-state index in [1.54, 1.807) is 9.80 Å². The molecule has 1 saturated carbocycles. The molecule has 2 unspecified atom stereocenters. The van der Waals surface area contributed by atoms with Crippen molar-refractivity contribution in [2.45, 2.75) is 107 Å². The first-order valence-electron chi connectivity index (χ1n) is 18.6. The van der Waals surface area contributed by atoms with Crippen LogP contribution in [0, 0.1) is 5.92 Å². The summed E-state index contributed by atoms with van der Waals surface area (Å²) in [5.41, 5.74) is 23.5. The van der Waals surface area contributed by atoms with Crippen molar-refractivity contribution in [2.75, 3.05) is 13.1 Å². The second kappa shape index (κ2) is 18.7. The number of aliphatic imine (C=N–C) groups is 2. The van der Waals surface area contributed by atoms with E-state index in [1.807, 2.05) is 41.8 Å². The predicted molar refractivity (Wildman–Crippen MR) is 205 cm³/mol. The first-order valence-corrected chi connectivity index (χ1v) is 19.5. The molecule has 2 aliphatic heterocycles. The van der Waals surface area contributed by atoms with E-state index < -0.39 is 42.0 Å². The highest BCUT2D eigenvalue weighted by Crippen LogP contribution is 2.41. The summed E-state index contributed by atoms with van der Waals surface area (Å²) in [6, 6.07) is 7.15. The Kier molecular flexibility index (Phi) is 13.9. The Balaban J connectivity index is 1.42. The van der Waals surface area contributed by atoms with E-state index in [9.17, 15) is 24.3 Å². The van der Waals surface area contributed by atoms with Crippen molar-refractivity contribution in [1.29, 1.82) is 0 Å². The lowest BCUT2D eigenvalue weighted by molar-refractivity contribution is -0.153. The van der Waals surface area contributed by atoms with Crippen LogP contribution in [0.3, 0.4) is 0 Å². The molecule has 1 saturated heterocycles. The molecule has 0 spiro atoms. The Morgan fingerprint density at radius 3 is 2.26 bits per heavy atom. The van der Waals surface area contributed by atoms with Crippen molar-refractivity contribution in [3.05, 3.63) is 57.8 Å². The number of rotatable bonds is 16. The van der Waals surface area contributed by atoms with Crippen molar-refractivity contribution < 1.29 is 29.1 Å². The number of hydrogen-bond donors (Lipinski definition) is 7. The smallest absolute Gasteiger partial charge is 0.326 e. The van der Waals surface area contributed by atoms with E-state index in [4.69, 9.17) is 22.9 Å². The van der Waals surface area contributed by atoms with Gasteiger partial charge in [0.2, 0.25) is 23.6 Å². The minimum Gasteiger partial charge on any atom is -0.480 e. The number of carboxylic acids is 1. The number of carbonyl (C=O) groups is 5. The molecule has 1 aliphatic carbocycles. The third-order valence-corrected chi connectivity index (χ3v) is 11.4. The van der Waals surface area contributed by atoms with Gasteiger partial charge in [-0.2, -0.15) is 0 Å². The number of carbonyl (C=O) groups excluding carboxylic acids is 4. The number of hydrogen-bond acceptors (Lipinski definition) is 8. The largest absolute Gasteiger partial charge is 0.480 e. The summed E-state index contributed by atoms with van der Waals surface area (Å²) in [6.45, 7) is 0.609. The van der Waals surface area contributed by atoms with Gasteiger partial charge in [-0.05, 0) is 67.0 Å². The van der Waals surface area contributed by atoms with Crippen molar-refractivity contribution in [3.63, 3.8) is 0 Å². The zero-order chi connectivity index (χ0) is 38.8. The summed E-state index contributed by atoms with van der Waals surface area (Å²) in [4.78, 5) is 81.1. The molecule has 54 heavy (non-hydrogen) atoms. The summed E-state index contributed by atoms with van der Waals surface area (Å²) < 4.78 is 0. The zero-order valence-corrected chi connectivity index (χ0v) is 31.2. The van der Waals surface area contributed by atoms with Crippen LogP contribution in [0.15, 0.2) is 51.8 Å². The van der Waals surface area contributed by atoms with Crippen LogP contribution in [-0.2, 0) is 43.4 Å². The van der Waals surface area contributed by atoms with Crippen LogP contribution >= 0.6 is 11.3 Å². The van der Waals surface area contributed by atoms with Crippen LogP contribution < -0.4 is 33.6 Å². The average molecular weight is 765 g/mol. The molecule has 292 valence electrons. The summed E-state index contributed by atoms with van der Waals surface area (Å²) >= 11 is 1.47. The van der Waals surface area contributed by atoms with Gasteiger partial charge < -0.3 is 48.5 Å². The maximum atomic E-state index is 15.1. The molecule has 11 N–H and O–H groups in total. The lowest BCUT2D eigenvalue weighted by Gasteiger charge is -2.42. The van der Waals surface area contributed by atoms with Gasteiger partial charge in [0.05, 0.1) is 0 Å². The Bertz CT molecular complexity index is 1710. The molecule has 16 nitrogen and oxygen atoms in total. The van der Waals surface area contributed by atoms with Gasteiger partial charge in [0, 0.05) is 49.8 Å². The lowest BCUT2D eigenvalue weighted by atomic mass is 9.84. The van der Waals surface area contributed by atoms with Crippen LogP contribution in [0.1, 0.15) is 73.8 Å². The van der Waals surface area contributed by atoms with Gasteiger partial charge in [0.1, 0.15) is 24.2 Å². The van der Waals surface area contributed by atoms with E-state index >= 15 is 4.79 Å². The first-order chi connectivity index (χ1) is 25.9. The molecule has 0 radical (unpaired) electrons. The molecule has 3 aliphatic rings. The zero-order valence-electron chi connectivity index (χ0n) is 30.4. The average Bonchev–Trinajstić information content (AvgIpc) is 3.81. The van der Waals surface area contributed by atoms with Gasteiger partial charge in [-0.25, -0.2) is 4.79 Å². The maximum Gasteiger partial charge on any atom is 0.326 e. The van der Waals surface area contributed by atoms with Crippen molar-refractivity contribution in [3.8, 4) is 0 Å². The normalized spacial score (nSPS) is 21.5. The molecule has 2 fully saturated rings. The number of thiophene rings is 1. The molecule has 5 rings (SSSR count). The van der Waals surface area contributed by atoms with E-state index in [0.717, 1.165) is 35.3 Å². The molecular weight excluding hydrogens is 713 g/mol. The number of fused-ring (bicyclic) bond motifs is 2. The van der Waals surface area contributed by atoms with Gasteiger partial charge in [-0.1, -0.05) is 43.2 Å². The third kappa shape index (κ3) is 10.3. The maximum absolute atomic E-state index is 15.1. The van der Waals surface area contributed by atoms with E-state index in [-0.39, 0.29) is 81.0 Å². The fraction of sp³-hybridized carbons (Fsp3) is 0.541. The number of aliphatic carboxylic acids is 1. The van der Waals surface area contributed by atoms with Gasteiger partial charge in [-0.15, -0.1) is 11.3 Å². The van der Waals surface area contributed by atoms with E-state index in [1.165, 1.54) is 11.3 Å². The molecular formula is C37H52N10O6S. The van der Waals surface area contributed by atoms with Crippen LogP contribution in [0.5, 0.6) is 0 Å². The number of nitrogens with one attached hydrogen (secondary N) is 2. The first kappa shape index (κ1) is 40.0. The monoisotopic (exact) mass is 764 g/mol. The number of carboxylic acid groups (broad SMARTS) is 1. The SMILES string of the molecule is NC(N)=NCCCC(=O)N[C@@H](Cc1cccs1)C(=O)N1Cc2ccccc2C[C@H]1C(=O)N1C2CCCCC2C[C@H]1C(=O)N[C@@H](CCCN=C(N)N)C(=O)O. The molecule has 17 heteroatoms. The molecule has 6 atom stereocenters. The van der Waals surface area contributed by atoms with E-state index in [0.29, 0.717) is 25.7 Å². The van der Waals surface area contributed by atoms with Crippen LogP contribution in [0.2, 0.25) is 0 Å². The van der Waals surface area contributed by atoms with Crippen LogP contribution in [-0.4, -0.2) is 99.7 Å². The highest BCUT2D eigenvalue weighted by atomic mass is 32.1. The fourth-order valence-corrected chi connectivity index (χ4v) is 8.68. The summed E-state index contributed by atoms with van der Waals surface area (Å²) in [5, 5.41) is 17.5.